The molecule has 1 aliphatic heterocycles. The van der Waals surface area contributed by atoms with Crippen molar-refractivity contribution in [3.05, 3.63) is 29.8 Å². The lowest BCUT2D eigenvalue weighted by Gasteiger charge is -2.27. The summed E-state index contributed by atoms with van der Waals surface area (Å²) < 4.78 is 5.38. The minimum Gasteiger partial charge on any atom is -0.494 e. The number of carbonyl (C=O) groups excluding carboxylic acids is 1. The van der Waals surface area contributed by atoms with Gasteiger partial charge in [0.15, 0.2) is 0 Å². The summed E-state index contributed by atoms with van der Waals surface area (Å²) in [6.45, 7) is 6.47. The lowest BCUT2D eigenvalue weighted by atomic mass is 10.2. The summed E-state index contributed by atoms with van der Waals surface area (Å²) in [5, 5.41) is 6.16. The molecule has 0 bridgehead atoms. The number of benzene rings is 1. The van der Waals surface area contributed by atoms with Crippen molar-refractivity contribution in [3.63, 3.8) is 0 Å². The maximum absolute atomic E-state index is 11.9. The van der Waals surface area contributed by atoms with Gasteiger partial charge in [-0.25, -0.2) is 4.79 Å². The first kappa shape index (κ1) is 13.7. The Bertz CT molecular complexity index is 400. The molecule has 0 unspecified atom stereocenters. The molecule has 104 valence electrons. The number of nitrogens with zero attached hydrogens (tertiary/aromatic N) is 1. The molecule has 1 saturated heterocycles. The third kappa shape index (κ3) is 4.13. The van der Waals surface area contributed by atoms with Crippen LogP contribution in [0.5, 0.6) is 5.75 Å². The average molecular weight is 263 g/mol. The molecule has 1 fully saturated rings. The van der Waals surface area contributed by atoms with Crippen molar-refractivity contribution in [1.29, 1.82) is 0 Å². The number of hydrogen-bond donors (Lipinski definition) is 2. The van der Waals surface area contributed by atoms with Crippen molar-refractivity contribution in [1.82, 2.24) is 15.5 Å². The van der Waals surface area contributed by atoms with Crippen LogP contribution in [-0.4, -0.2) is 43.7 Å². The second-order valence-corrected chi connectivity index (χ2v) is 4.47. The highest BCUT2D eigenvalue weighted by molar-refractivity contribution is 5.74. The Morgan fingerprint density at radius 2 is 2.00 bits per heavy atom. The molecule has 1 aromatic rings. The van der Waals surface area contributed by atoms with Crippen LogP contribution in [0.1, 0.15) is 12.5 Å². The quantitative estimate of drug-likeness (QED) is 0.858. The van der Waals surface area contributed by atoms with Crippen molar-refractivity contribution in [2.45, 2.75) is 13.5 Å². The summed E-state index contributed by atoms with van der Waals surface area (Å²) in [6, 6.07) is 7.81. The molecular formula is C14H21N3O2. The van der Waals surface area contributed by atoms with Gasteiger partial charge in [0.1, 0.15) is 5.75 Å². The number of hydrogen-bond acceptors (Lipinski definition) is 3. The standard InChI is InChI=1S/C14H21N3O2/c1-2-19-13-5-3-12(4-6-13)11-16-14(18)17-9-7-15-8-10-17/h3-6,15H,2,7-11H2,1H3,(H,16,18). The van der Waals surface area contributed by atoms with Gasteiger partial charge in [-0.3, -0.25) is 0 Å². The van der Waals surface area contributed by atoms with Crippen LogP contribution in [0.4, 0.5) is 4.79 Å². The van der Waals surface area contributed by atoms with Gasteiger partial charge in [-0.15, -0.1) is 0 Å². The zero-order valence-electron chi connectivity index (χ0n) is 11.3. The van der Waals surface area contributed by atoms with Gasteiger partial charge in [0.05, 0.1) is 6.61 Å². The van der Waals surface area contributed by atoms with Crippen LogP contribution in [0.2, 0.25) is 0 Å². The van der Waals surface area contributed by atoms with E-state index in [0.717, 1.165) is 37.5 Å². The smallest absolute Gasteiger partial charge is 0.317 e. The number of rotatable bonds is 4. The Labute approximate surface area is 113 Å². The van der Waals surface area contributed by atoms with Gasteiger partial charge in [0, 0.05) is 32.7 Å². The molecule has 1 aromatic carbocycles. The first-order valence-corrected chi connectivity index (χ1v) is 6.75. The minimum atomic E-state index is 0.00962. The SMILES string of the molecule is CCOc1ccc(CNC(=O)N2CCNCC2)cc1. The highest BCUT2D eigenvalue weighted by Crippen LogP contribution is 2.11. The van der Waals surface area contributed by atoms with E-state index >= 15 is 0 Å². The van der Waals surface area contributed by atoms with Gasteiger partial charge < -0.3 is 20.3 Å². The number of urea groups is 1. The summed E-state index contributed by atoms with van der Waals surface area (Å²) in [7, 11) is 0. The molecule has 0 atom stereocenters. The molecule has 5 nitrogen and oxygen atoms in total. The lowest BCUT2D eigenvalue weighted by molar-refractivity contribution is 0.190. The molecule has 1 aliphatic rings. The average Bonchev–Trinajstić information content (AvgIpc) is 2.47. The van der Waals surface area contributed by atoms with E-state index in [1.165, 1.54) is 0 Å². The highest BCUT2D eigenvalue weighted by Gasteiger charge is 2.15. The maximum atomic E-state index is 11.9. The van der Waals surface area contributed by atoms with Gasteiger partial charge in [-0.1, -0.05) is 12.1 Å². The van der Waals surface area contributed by atoms with E-state index in [4.69, 9.17) is 4.74 Å². The second kappa shape index (κ2) is 6.99. The predicted molar refractivity (Wildman–Crippen MR) is 74.3 cm³/mol. The number of carbonyl (C=O) groups is 1. The van der Waals surface area contributed by atoms with Crippen LogP contribution in [0.3, 0.4) is 0 Å². The van der Waals surface area contributed by atoms with Crippen LogP contribution in [0, 0.1) is 0 Å². The number of nitrogens with one attached hydrogen (secondary N) is 2. The third-order valence-electron chi connectivity index (χ3n) is 3.08. The van der Waals surface area contributed by atoms with Gasteiger partial charge >= 0.3 is 6.03 Å². The van der Waals surface area contributed by atoms with Crippen LogP contribution in [-0.2, 0) is 6.54 Å². The summed E-state index contributed by atoms with van der Waals surface area (Å²) in [5.74, 6) is 0.861. The van der Waals surface area contributed by atoms with E-state index in [1.54, 1.807) is 0 Å². The van der Waals surface area contributed by atoms with Crippen LogP contribution < -0.4 is 15.4 Å². The Hall–Kier alpha value is -1.75. The predicted octanol–water partition coefficient (Wildman–Crippen LogP) is 1.20. The monoisotopic (exact) mass is 263 g/mol. The van der Waals surface area contributed by atoms with E-state index in [2.05, 4.69) is 10.6 Å². The molecule has 0 aromatic heterocycles. The van der Waals surface area contributed by atoms with Gasteiger partial charge in [0.2, 0.25) is 0 Å². The van der Waals surface area contributed by atoms with Gasteiger partial charge in [-0.2, -0.15) is 0 Å². The fourth-order valence-electron chi connectivity index (χ4n) is 2.03. The molecule has 5 heteroatoms. The van der Waals surface area contributed by atoms with Crippen molar-refractivity contribution >= 4 is 6.03 Å². The van der Waals surface area contributed by atoms with Gasteiger partial charge in [0.25, 0.3) is 0 Å². The zero-order valence-corrected chi connectivity index (χ0v) is 11.3. The minimum absolute atomic E-state index is 0.00962. The first-order valence-electron chi connectivity index (χ1n) is 6.75. The third-order valence-corrected chi connectivity index (χ3v) is 3.08. The highest BCUT2D eigenvalue weighted by atomic mass is 16.5. The van der Waals surface area contributed by atoms with E-state index in [9.17, 15) is 4.79 Å². The normalized spacial score (nSPS) is 15.1. The Morgan fingerprint density at radius 3 is 2.63 bits per heavy atom. The number of piperazine rings is 1. The fraction of sp³-hybridized carbons (Fsp3) is 0.500. The van der Waals surface area contributed by atoms with Crippen LogP contribution >= 0.6 is 0 Å². The van der Waals surface area contributed by atoms with Crippen molar-refractivity contribution in [3.8, 4) is 5.75 Å². The topological polar surface area (TPSA) is 53.6 Å². The molecule has 0 saturated carbocycles. The molecule has 0 spiro atoms. The van der Waals surface area contributed by atoms with E-state index < -0.39 is 0 Å². The van der Waals surface area contributed by atoms with Gasteiger partial charge in [-0.05, 0) is 24.6 Å². The lowest BCUT2D eigenvalue weighted by Crippen LogP contribution is -2.50. The Kier molecular flexibility index (Phi) is 5.03. The number of amides is 2. The van der Waals surface area contributed by atoms with E-state index in [-0.39, 0.29) is 6.03 Å². The van der Waals surface area contributed by atoms with Crippen molar-refractivity contribution in [2.24, 2.45) is 0 Å². The molecule has 0 radical (unpaired) electrons. The first-order chi connectivity index (χ1) is 9.29. The molecule has 2 rings (SSSR count). The largest absolute Gasteiger partial charge is 0.494 e. The fourth-order valence-corrected chi connectivity index (χ4v) is 2.03. The Balaban J connectivity index is 1.79. The van der Waals surface area contributed by atoms with Crippen molar-refractivity contribution < 1.29 is 9.53 Å². The molecular weight excluding hydrogens is 242 g/mol. The molecule has 2 N–H and O–H groups in total. The summed E-state index contributed by atoms with van der Waals surface area (Å²) in [6.07, 6.45) is 0. The maximum Gasteiger partial charge on any atom is 0.317 e. The molecule has 1 heterocycles. The zero-order chi connectivity index (χ0) is 13.5. The second-order valence-electron chi connectivity index (χ2n) is 4.47. The van der Waals surface area contributed by atoms with Crippen LogP contribution in [0.15, 0.2) is 24.3 Å². The number of ether oxygens (including phenoxy) is 1. The van der Waals surface area contributed by atoms with Crippen molar-refractivity contribution in [2.75, 3.05) is 32.8 Å². The molecule has 19 heavy (non-hydrogen) atoms. The Morgan fingerprint density at radius 1 is 1.32 bits per heavy atom. The summed E-state index contributed by atoms with van der Waals surface area (Å²) in [4.78, 5) is 13.7. The molecule has 2 amide bonds. The van der Waals surface area contributed by atoms with E-state index in [0.29, 0.717) is 13.2 Å². The van der Waals surface area contributed by atoms with Crippen LogP contribution in [0.25, 0.3) is 0 Å². The van der Waals surface area contributed by atoms with E-state index in [1.807, 2.05) is 36.1 Å². The molecule has 0 aliphatic carbocycles. The summed E-state index contributed by atoms with van der Waals surface area (Å²) in [5.41, 5.74) is 1.08. The summed E-state index contributed by atoms with van der Waals surface area (Å²) >= 11 is 0.